The summed E-state index contributed by atoms with van der Waals surface area (Å²) in [5, 5.41) is 3.35. The van der Waals surface area contributed by atoms with Crippen LogP contribution in [0.15, 0.2) is 36.9 Å². The zero-order valence-corrected chi connectivity index (χ0v) is 11.0. The molecule has 18 heavy (non-hydrogen) atoms. The minimum atomic E-state index is -0.174. The molecule has 0 saturated heterocycles. The van der Waals surface area contributed by atoms with Gasteiger partial charge in [-0.25, -0.2) is 4.39 Å². The quantitative estimate of drug-likeness (QED) is 0.538. The predicted molar refractivity (Wildman–Crippen MR) is 73.2 cm³/mol. The summed E-state index contributed by atoms with van der Waals surface area (Å²) in [6.45, 7) is 7.96. The van der Waals surface area contributed by atoms with Gasteiger partial charge in [-0.3, -0.25) is 0 Å². The van der Waals surface area contributed by atoms with Crippen molar-refractivity contribution in [3.63, 3.8) is 0 Å². The Bertz CT molecular complexity index is 354. The number of ether oxygens (including phenoxy) is 1. The Morgan fingerprint density at radius 1 is 1.44 bits per heavy atom. The predicted octanol–water partition coefficient (Wildman–Crippen LogP) is 2.94. The topological polar surface area (TPSA) is 21.3 Å². The van der Waals surface area contributed by atoms with Crippen molar-refractivity contribution in [2.75, 3.05) is 19.8 Å². The summed E-state index contributed by atoms with van der Waals surface area (Å²) >= 11 is 0. The molecule has 0 aromatic heterocycles. The molecule has 1 rings (SSSR count). The Kier molecular flexibility index (Phi) is 7.30. The zero-order chi connectivity index (χ0) is 13.2. The molecule has 1 atom stereocenters. The van der Waals surface area contributed by atoms with E-state index in [2.05, 4.69) is 18.8 Å². The maximum Gasteiger partial charge on any atom is 0.123 e. The first-order valence-corrected chi connectivity index (χ1v) is 6.39. The van der Waals surface area contributed by atoms with Gasteiger partial charge in [-0.05, 0) is 37.5 Å². The van der Waals surface area contributed by atoms with Crippen LogP contribution < -0.4 is 5.32 Å². The third kappa shape index (κ3) is 6.52. The van der Waals surface area contributed by atoms with E-state index >= 15 is 0 Å². The molecule has 3 heteroatoms. The standard InChI is InChI=1S/C15H22FNO/c1-3-4-9-18-10-8-17-13(2)11-14-6-5-7-15(16)12-14/h3,5-7,12-13,17H,1,4,8-11H2,2H3. The van der Waals surface area contributed by atoms with E-state index in [-0.39, 0.29) is 5.82 Å². The zero-order valence-electron chi connectivity index (χ0n) is 11.0. The molecule has 0 spiro atoms. The largest absolute Gasteiger partial charge is 0.380 e. The van der Waals surface area contributed by atoms with E-state index in [0.29, 0.717) is 12.6 Å². The van der Waals surface area contributed by atoms with Gasteiger partial charge < -0.3 is 10.1 Å². The second kappa shape index (κ2) is 8.84. The van der Waals surface area contributed by atoms with E-state index in [4.69, 9.17) is 4.74 Å². The Morgan fingerprint density at radius 2 is 2.28 bits per heavy atom. The number of hydrogen-bond acceptors (Lipinski definition) is 2. The molecule has 1 unspecified atom stereocenters. The fourth-order valence-corrected chi connectivity index (χ4v) is 1.74. The number of nitrogens with one attached hydrogen (secondary N) is 1. The molecule has 1 aromatic carbocycles. The van der Waals surface area contributed by atoms with Crippen molar-refractivity contribution in [3.05, 3.63) is 48.3 Å². The van der Waals surface area contributed by atoms with Crippen molar-refractivity contribution >= 4 is 0 Å². The highest BCUT2D eigenvalue weighted by molar-refractivity contribution is 5.17. The molecule has 0 aliphatic rings. The number of rotatable bonds is 9. The smallest absolute Gasteiger partial charge is 0.123 e. The second-order valence-corrected chi connectivity index (χ2v) is 4.38. The summed E-state index contributed by atoms with van der Waals surface area (Å²) in [6.07, 6.45) is 3.56. The highest BCUT2D eigenvalue weighted by Gasteiger charge is 2.03. The van der Waals surface area contributed by atoms with Crippen molar-refractivity contribution < 1.29 is 9.13 Å². The summed E-state index contributed by atoms with van der Waals surface area (Å²) in [7, 11) is 0. The van der Waals surface area contributed by atoms with Gasteiger partial charge in [0, 0.05) is 12.6 Å². The lowest BCUT2D eigenvalue weighted by atomic mass is 10.1. The van der Waals surface area contributed by atoms with Crippen LogP contribution in [0.4, 0.5) is 4.39 Å². The van der Waals surface area contributed by atoms with E-state index < -0.39 is 0 Å². The van der Waals surface area contributed by atoms with Gasteiger partial charge in [0.1, 0.15) is 5.82 Å². The highest BCUT2D eigenvalue weighted by atomic mass is 19.1. The van der Waals surface area contributed by atoms with Crippen LogP contribution in [-0.4, -0.2) is 25.8 Å². The van der Waals surface area contributed by atoms with Crippen molar-refractivity contribution in [1.29, 1.82) is 0 Å². The average molecular weight is 251 g/mol. The summed E-state index contributed by atoms with van der Waals surface area (Å²) in [6, 6.07) is 7.06. The SMILES string of the molecule is C=CCCOCCNC(C)Cc1cccc(F)c1. The van der Waals surface area contributed by atoms with E-state index in [1.165, 1.54) is 6.07 Å². The Morgan fingerprint density at radius 3 is 3.00 bits per heavy atom. The average Bonchev–Trinajstić information content (AvgIpc) is 2.33. The maximum absolute atomic E-state index is 13.0. The van der Waals surface area contributed by atoms with E-state index in [0.717, 1.165) is 31.6 Å². The lowest BCUT2D eigenvalue weighted by molar-refractivity contribution is 0.138. The van der Waals surface area contributed by atoms with Gasteiger partial charge in [-0.15, -0.1) is 6.58 Å². The normalized spacial score (nSPS) is 12.3. The molecule has 0 saturated carbocycles. The van der Waals surface area contributed by atoms with E-state index in [1.54, 1.807) is 12.1 Å². The molecule has 100 valence electrons. The molecule has 2 nitrogen and oxygen atoms in total. The van der Waals surface area contributed by atoms with Gasteiger partial charge in [0.05, 0.1) is 13.2 Å². The van der Waals surface area contributed by atoms with Crippen LogP contribution in [0.5, 0.6) is 0 Å². The van der Waals surface area contributed by atoms with Gasteiger partial charge in [-0.2, -0.15) is 0 Å². The molecule has 0 aliphatic carbocycles. The van der Waals surface area contributed by atoms with Gasteiger partial charge in [0.25, 0.3) is 0 Å². The van der Waals surface area contributed by atoms with Crippen LogP contribution in [0.25, 0.3) is 0 Å². The molecule has 0 bridgehead atoms. The van der Waals surface area contributed by atoms with Crippen molar-refractivity contribution in [2.24, 2.45) is 0 Å². The van der Waals surface area contributed by atoms with Crippen LogP contribution in [-0.2, 0) is 11.2 Å². The van der Waals surface area contributed by atoms with Crippen molar-refractivity contribution in [3.8, 4) is 0 Å². The lowest BCUT2D eigenvalue weighted by Gasteiger charge is -2.14. The van der Waals surface area contributed by atoms with Crippen LogP contribution in [0.2, 0.25) is 0 Å². The van der Waals surface area contributed by atoms with Crippen LogP contribution in [0, 0.1) is 5.82 Å². The van der Waals surface area contributed by atoms with E-state index in [1.807, 2.05) is 12.1 Å². The summed E-state index contributed by atoms with van der Waals surface area (Å²) in [4.78, 5) is 0. The van der Waals surface area contributed by atoms with Crippen molar-refractivity contribution in [2.45, 2.75) is 25.8 Å². The molecule has 0 heterocycles. The summed E-state index contributed by atoms with van der Waals surface area (Å²) in [5.41, 5.74) is 1.02. The summed E-state index contributed by atoms with van der Waals surface area (Å²) < 4.78 is 18.4. The fourth-order valence-electron chi connectivity index (χ4n) is 1.74. The third-order valence-corrected chi connectivity index (χ3v) is 2.64. The fraction of sp³-hybridized carbons (Fsp3) is 0.467. The monoisotopic (exact) mass is 251 g/mol. The Labute approximate surface area is 109 Å². The second-order valence-electron chi connectivity index (χ2n) is 4.38. The molecule has 0 amide bonds. The molecule has 0 radical (unpaired) electrons. The first-order chi connectivity index (χ1) is 8.72. The molecule has 0 aliphatic heterocycles. The highest BCUT2D eigenvalue weighted by Crippen LogP contribution is 2.06. The van der Waals surface area contributed by atoms with Gasteiger partial charge in [-0.1, -0.05) is 18.2 Å². The summed E-state index contributed by atoms with van der Waals surface area (Å²) in [5.74, 6) is -0.174. The van der Waals surface area contributed by atoms with Crippen molar-refractivity contribution in [1.82, 2.24) is 5.32 Å². The van der Waals surface area contributed by atoms with Gasteiger partial charge >= 0.3 is 0 Å². The molecule has 0 fully saturated rings. The Hall–Kier alpha value is -1.19. The molecule has 1 aromatic rings. The van der Waals surface area contributed by atoms with Gasteiger partial charge in [0.15, 0.2) is 0 Å². The van der Waals surface area contributed by atoms with Crippen LogP contribution in [0.3, 0.4) is 0 Å². The molecular formula is C15H22FNO. The number of benzene rings is 1. The van der Waals surface area contributed by atoms with E-state index in [9.17, 15) is 4.39 Å². The molecule has 1 N–H and O–H groups in total. The number of hydrogen-bond donors (Lipinski definition) is 1. The van der Waals surface area contributed by atoms with Crippen LogP contribution >= 0.6 is 0 Å². The first kappa shape index (κ1) is 14.9. The minimum absolute atomic E-state index is 0.174. The maximum atomic E-state index is 13.0. The number of halogens is 1. The minimum Gasteiger partial charge on any atom is -0.380 e. The lowest BCUT2D eigenvalue weighted by Crippen LogP contribution is -2.31. The molecular weight excluding hydrogens is 229 g/mol. The van der Waals surface area contributed by atoms with Crippen LogP contribution in [0.1, 0.15) is 18.9 Å². The van der Waals surface area contributed by atoms with Gasteiger partial charge in [0.2, 0.25) is 0 Å². The Balaban J connectivity index is 2.13. The third-order valence-electron chi connectivity index (χ3n) is 2.64. The first-order valence-electron chi connectivity index (χ1n) is 6.39.